The van der Waals surface area contributed by atoms with Crippen molar-refractivity contribution in [2.45, 2.75) is 128 Å². The molecule has 2 aromatic rings. The smallest absolute Gasteiger partial charge is 0.349 e. The Hall–Kier alpha value is -2.74. The molecule has 0 bridgehead atoms. The number of carbonyl (C=O) groups is 1. The molecule has 0 spiro atoms. The second-order valence-corrected chi connectivity index (χ2v) is 15.3. The van der Waals surface area contributed by atoms with E-state index >= 15 is 0 Å². The number of aromatic nitrogens is 1. The van der Waals surface area contributed by atoms with E-state index in [1.807, 2.05) is 59.7 Å². The van der Waals surface area contributed by atoms with Crippen LogP contribution in [0, 0.1) is 12.8 Å². The van der Waals surface area contributed by atoms with E-state index in [9.17, 15) is 13.2 Å². The number of nitrogens with one attached hydrogen (secondary N) is 2. The van der Waals surface area contributed by atoms with E-state index in [1.54, 1.807) is 6.07 Å². The molecule has 1 aromatic heterocycles. The monoisotopic (exact) mass is 585 g/mol. The van der Waals surface area contributed by atoms with Crippen molar-refractivity contribution in [1.29, 1.82) is 0 Å². The third-order valence-corrected chi connectivity index (χ3v) is 9.85. The van der Waals surface area contributed by atoms with Crippen LogP contribution in [0.15, 0.2) is 29.2 Å². The van der Waals surface area contributed by atoms with Gasteiger partial charge < -0.3 is 9.88 Å². The van der Waals surface area contributed by atoms with Gasteiger partial charge in [-0.2, -0.15) is 9.59 Å². The van der Waals surface area contributed by atoms with Gasteiger partial charge in [-0.05, 0) is 100 Å². The van der Waals surface area contributed by atoms with Crippen molar-refractivity contribution >= 4 is 22.1 Å². The topological polar surface area (TPSA) is 114 Å². The first kappa shape index (κ1) is 32.8. The summed E-state index contributed by atoms with van der Waals surface area (Å²) in [4.78, 5) is 29.9. The number of hydrogen-bond acceptors (Lipinski definition) is 5. The molecule has 8 nitrogen and oxygen atoms in total. The molecular weight excluding hydrogens is 538 g/mol. The maximum atomic E-state index is 13.4. The van der Waals surface area contributed by atoms with E-state index in [1.165, 1.54) is 38.5 Å². The van der Waals surface area contributed by atoms with Gasteiger partial charge in [0.2, 0.25) is 10.0 Å². The summed E-state index contributed by atoms with van der Waals surface area (Å²) >= 11 is 0. The zero-order chi connectivity index (χ0) is 30.6. The largest absolute Gasteiger partial charge is 0.373 e. The minimum Gasteiger partial charge on any atom is -0.349 e. The van der Waals surface area contributed by atoms with Crippen LogP contribution in [0.2, 0.25) is 0 Å². The van der Waals surface area contributed by atoms with E-state index in [4.69, 9.17) is 9.59 Å². The first-order valence-electron chi connectivity index (χ1n) is 14.8. The molecule has 1 aromatic carbocycles. The lowest BCUT2D eigenvalue weighted by molar-refractivity contribution is -0.191. The lowest BCUT2D eigenvalue weighted by Gasteiger charge is -2.27. The number of sulfonamides is 1. The van der Waals surface area contributed by atoms with Crippen LogP contribution in [0.1, 0.15) is 115 Å². The normalized spacial score (nSPS) is 16.8. The molecular formula is C32H47N3O5S. The van der Waals surface area contributed by atoms with Crippen molar-refractivity contribution in [2.24, 2.45) is 5.92 Å². The second-order valence-electron chi connectivity index (χ2n) is 13.6. The van der Waals surface area contributed by atoms with Crippen LogP contribution in [0.3, 0.4) is 0 Å². The molecule has 41 heavy (non-hydrogen) atoms. The Labute approximate surface area is 245 Å². The van der Waals surface area contributed by atoms with Crippen LogP contribution < -0.4 is 10.0 Å². The van der Waals surface area contributed by atoms with Crippen LogP contribution in [0.25, 0.3) is 11.3 Å². The van der Waals surface area contributed by atoms with Gasteiger partial charge in [-0.25, -0.2) is 13.1 Å². The highest BCUT2D eigenvalue weighted by Gasteiger charge is 2.31. The zero-order valence-corrected chi connectivity index (χ0v) is 26.5. The van der Waals surface area contributed by atoms with Crippen LogP contribution >= 0.6 is 0 Å². The Kier molecular flexibility index (Phi) is 10.4. The Balaban J connectivity index is 0.00000147. The molecule has 2 aliphatic rings. The average Bonchev–Trinajstić information content (AvgIpc) is 3.16. The molecule has 2 fully saturated rings. The molecule has 0 aliphatic heterocycles. The van der Waals surface area contributed by atoms with Crippen LogP contribution in [0.4, 0.5) is 0 Å². The van der Waals surface area contributed by atoms with Gasteiger partial charge in [0, 0.05) is 29.5 Å². The molecule has 4 rings (SSSR count). The summed E-state index contributed by atoms with van der Waals surface area (Å²) in [5.41, 5.74) is 3.46. The summed E-state index contributed by atoms with van der Waals surface area (Å²) in [5, 5.41) is 3.22. The molecule has 1 heterocycles. The average molecular weight is 586 g/mol. The standard InChI is InChI=1S/C31H47N3O3S.CO2/c1-21-25(29(35)32-24-14-11-15-24)19-27(34(21)20-22-12-9-8-10-13-22)23-16-17-28(26(18-23)30(2,3)4)38(36,37)33-31(5,6)7;2-1-3/h16-19,22,24,33H,8-15,20H2,1-7H3,(H,32,35);. The fourth-order valence-corrected chi connectivity index (χ4v) is 7.58. The summed E-state index contributed by atoms with van der Waals surface area (Å²) in [7, 11) is -3.71. The molecule has 226 valence electrons. The third-order valence-electron chi connectivity index (χ3n) is 8.03. The highest BCUT2D eigenvalue weighted by Crippen LogP contribution is 2.36. The molecule has 0 saturated heterocycles. The first-order chi connectivity index (χ1) is 19.1. The first-order valence-corrected chi connectivity index (χ1v) is 16.2. The number of benzene rings is 1. The lowest BCUT2D eigenvalue weighted by Crippen LogP contribution is -2.41. The van der Waals surface area contributed by atoms with Crippen molar-refractivity contribution in [3.63, 3.8) is 0 Å². The van der Waals surface area contributed by atoms with E-state index in [2.05, 4.69) is 21.5 Å². The number of hydrogen-bond donors (Lipinski definition) is 2. The predicted molar refractivity (Wildman–Crippen MR) is 160 cm³/mol. The van der Waals surface area contributed by atoms with Crippen LogP contribution in [-0.2, 0) is 31.6 Å². The maximum absolute atomic E-state index is 13.4. The summed E-state index contributed by atoms with van der Waals surface area (Å²) in [6.45, 7) is 14.6. The van der Waals surface area contributed by atoms with Gasteiger partial charge in [0.1, 0.15) is 0 Å². The molecule has 0 atom stereocenters. The van der Waals surface area contributed by atoms with E-state index in [0.717, 1.165) is 47.5 Å². The summed E-state index contributed by atoms with van der Waals surface area (Å²) in [5.74, 6) is 0.592. The van der Waals surface area contributed by atoms with Crippen molar-refractivity contribution in [2.75, 3.05) is 0 Å². The van der Waals surface area contributed by atoms with Gasteiger partial charge in [-0.3, -0.25) is 4.79 Å². The molecule has 2 aliphatic carbocycles. The highest BCUT2D eigenvalue weighted by atomic mass is 32.2. The maximum Gasteiger partial charge on any atom is 0.373 e. The molecule has 1 amide bonds. The van der Waals surface area contributed by atoms with Gasteiger partial charge >= 0.3 is 6.15 Å². The minimum atomic E-state index is -3.71. The molecule has 0 unspecified atom stereocenters. The Morgan fingerprint density at radius 2 is 1.56 bits per heavy atom. The van der Waals surface area contributed by atoms with Gasteiger partial charge in [0.15, 0.2) is 0 Å². The Morgan fingerprint density at radius 1 is 0.951 bits per heavy atom. The van der Waals surface area contributed by atoms with Crippen molar-refractivity contribution in [3.05, 3.63) is 41.1 Å². The summed E-state index contributed by atoms with van der Waals surface area (Å²) < 4.78 is 32.0. The number of carbonyl (C=O) groups excluding carboxylic acids is 3. The Bertz CT molecular complexity index is 1360. The summed E-state index contributed by atoms with van der Waals surface area (Å²) in [6.07, 6.45) is 9.77. The fourth-order valence-electron chi connectivity index (χ4n) is 5.76. The van der Waals surface area contributed by atoms with Crippen LogP contribution in [0.5, 0.6) is 0 Å². The van der Waals surface area contributed by atoms with Crippen molar-refractivity contribution in [3.8, 4) is 11.3 Å². The summed E-state index contributed by atoms with van der Waals surface area (Å²) in [6, 6.07) is 7.98. The Morgan fingerprint density at radius 3 is 2.07 bits per heavy atom. The van der Waals surface area contributed by atoms with Crippen molar-refractivity contribution < 1.29 is 22.8 Å². The fraction of sp³-hybridized carbons (Fsp3) is 0.625. The quantitative estimate of drug-likeness (QED) is 0.407. The van der Waals surface area contributed by atoms with Gasteiger partial charge in [-0.1, -0.05) is 46.1 Å². The van der Waals surface area contributed by atoms with Crippen LogP contribution in [-0.4, -0.2) is 36.6 Å². The zero-order valence-electron chi connectivity index (χ0n) is 25.7. The molecule has 2 saturated carbocycles. The van der Waals surface area contributed by atoms with Gasteiger partial charge in [-0.15, -0.1) is 0 Å². The number of nitrogens with zero attached hydrogens (tertiary/aromatic N) is 1. The lowest BCUT2D eigenvalue weighted by atomic mass is 9.85. The second kappa shape index (κ2) is 13.1. The number of amides is 1. The predicted octanol–water partition coefficient (Wildman–Crippen LogP) is 6.12. The van der Waals surface area contributed by atoms with E-state index in [0.29, 0.717) is 10.8 Å². The SMILES string of the molecule is Cc1c(C(=O)NC2CCC2)cc(-c2ccc(S(=O)(=O)NC(C)(C)C)c(C(C)(C)C)c2)n1CC1CCCCC1.O=C=O. The van der Waals surface area contributed by atoms with Gasteiger partial charge in [0.05, 0.1) is 10.5 Å². The third kappa shape index (κ3) is 8.40. The molecule has 9 heteroatoms. The number of rotatable bonds is 7. The molecule has 0 radical (unpaired) electrons. The van der Waals surface area contributed by atoms with Gasteiger partial charge in [0.25, 0.3) is 5.91 Å². The van der Waals surface area contributed by atoms with E-state index in [-0.39, 0.29) is 18.1 Å². The van der Waals surface area contributed by atoms with Crippen molar-refractivity contribution in [1.82, 2.24) is 14.6 Å². The molecule has 2 N–H and O–H groups in total. The minimum absolute atomic E-state index is 0.000430. The highest BCUT2D eigenvalue weighted by molar-refractivity contribution is 7.89. The van der Waals surface area contributed by atoms with E-state index < -0.39 is 21.0 Å².